The standard InChI is InChI=1S/C13H20N2O3S/c1-10(2)14-13(16)12(15(3)19(4,17)18)11-8-6-5-7-9-11/h5-10,12H,1-4H3,(H,14,16). The van der Waals surface area contributed by atoms with Crippen molar-refractivity contribution in [1.29, 1.82) is 0 Å². The van der Waals surface area contributed by atoms with E-state index >= 15 is 0 Å². The number of nitrogens with one attached hydrogen (secondary N) is 1. The van der Waals surface area contributed by atoms with Gasteiger partial charge in [-0.15, -0.1) is 0 Å². The lowest BCUT2D eigenvalue weighted by Crippen LogP contribution is -2.43. The van der Waals surface area contributed by atoms with Gasteiger partial charge in [0.15, 0.2) is 0 Å². The average Bonchev–Trinajstić information content (AvgIpc) is 2.28. The van der Waals surface area contributed by atoms with E-state index in [0.29, 0.717) is 5.56 Å². The van der Waals surface area contributed by atoms with Crippen molar-refractivity contribution in [1.82, 2.24) is 9.62 Å². The van der Waals surface area contributed by atoms with E-state index in [1.54, 1.807) is 24.3 Å². The zero-order chi connectivity index (χ0) is 14.6. The summed E-state index contributed by atoms with van der Waals surface area (Å²) in [5.41, 5.74) is 0.647. The molecule has 1 rings (SSSR count). The number of carbonyl (C=O) groups excluding carboxylic acids is 1. The molecule has 1 aromatic carbocycles. The molecule has 5 nitrogen and oxygen atoms in total. The van der Waals surface area contributed by atoms with Crippen molar-refractivity contribution >= 4 is 15.9 Å². The van der Waals surface area contributed by atoms with E-state index in [2.05, 4.69) is 5.32 Å². The highest BCUT2D eigenvalue weighted by molar-refractivity contribution is 7.88. The second kappa shape index (κ2) is 6.16. The fourth-order valence-corrected chi connectivity index (χ4v) is 2.32. The highest BCUT2D eigenvalue weighted by atomic mass is 32.2. The van der Waals surface area contributed by atoms with E-state index in [0.717, 1.165) is 10.6 Å². The summed E-state index contributed by atoms with van der Waals surface area (Å²) >= 11 is 0. The molecule has 0 saturated heterocycles. The van der Waals surface area contributed by atoms with Crippen LogP contribution in [0.2, 0.25) is 0 Å². The zero-order valence-corrected chi connectivity index (χ0v) is 12.4. The Morgan fingerprint density at radius 3 is 2.16 bits per heavy atom. The molecule has 0 aliphatic carbocycles. The van der Waals surface area contributed by atoms with Crippen molar-refractivity contribution in [3.05, 3.63) is 35.9 Å². The van der Waals surface area contributed by atoms with Gasteiger partial charge in [0.1, 0.15) is 6.04 Å². The minimum atomic E-state index is -3.46. The smallest absolute Gasteiger partial charge is 0.243 e. The molecule has 0 aliphatic rings. The van der Waals surface area contributed by atoms with Gasteiger partial charge in [0.25, 0.3) is 0 Å². The lowest BCUT2D eigenvalue weighted by atomic mass is 10.1. The van der Waals surface area contributed by atoms with Gasteiger partial charge in [0.05, 0.1) is 6.26 Å². The predicted molar refractivity (Wildman–Crippen MR) is 75.1 cm³/mol. The first-order valence-electron chi connectivity index (χ1n) is 6.02. The summed E-state index contributed by atoms with van der Waals surface area (Å²) < 4.78 is 24.4. The summed E-state index contributed by atoms with van der Waals surface area (Å²) in [7, 11) is -2.05. The molecule has 0 bridgehead atoms. The average molecular weight is 284 g/mol. The zero-order valence-electron chi connectivity index (χ0n) is 11.6. The Morgan fingerprint density at radius 1 is 1.21 bits per heavy atom. The van der Waals surface area contributed by atoms with Crippen LogP contribution in [0.5, 0.6) is 0 Å². The topological polar surface area (TPSA) is 66.5 Å². The fraction of sp³-hybridized carbons (Fsp3) is 0.462. The van der Waals surface area contributed by atoms with Gasteiger partial charge >= 0.3 is 0 Å². The van der Waals surface area contributed by atoms with Crippen LogP contribution in [0.3, 0.4) is 0 Å². The van der Waals surface area contributed by atoms with Crippen LogP contribution in [0.4, 0.5) is 0 Å². The van der Waals surface area contributed by atoms with E-state index in [-0.39, 0.29) is 11.9 Å². The molecule has 1 atom stereocenters. The molecule has 106 valence electrons. The third-order valence-electron chi connectivity index (χ3n) is 2.68. The molecule has 1 N–H and O–H groups in total. The van der Waals surface area contributed by atoms with Crippen molar-refractivity contribution in [2.24, 2.45) is 0 Å². The summed E-state index contributed by atoms with van der Waals surface area (Å²) in [5, 5.41) is 2.75. The Morgan fingerprint density at radius 2 is 1.74 bits per heavy atom. The maximum atomic E-state index is 12.2. The lowest BCUT2D eigenvalue weighted by Gasteiger charge is -2.26. The van der Waals surface area contributed by atoms with E-state index in [1.165, 1.54) is 7.05 Å². The molecule has 6 heteroatoms. The number of likely N-dealkylation sites (N-methyl/N-ethyl adjacent to an activating group) is 1. The molecular weight excluding hydrogens is 264 g/mol. The highest BCUT2D eigenvalue weighted by Gasteiger charge is 2.30. The molecule has 0 aliphatic heterocycles. The molecule has 0 aromatic heterocycles. The summed E-state index contributed by atoms with van der Waals surface area (Å²) in [6.45, 7) is 3.67. The second-order valence-electron chi connectivity index (χ2n) is 4.76. The van der Waals surface area contributed by atoms with E-state index in [9.17, 15) is 13.2 Å². The van der Waals surface area contributed by atoms with Crippen LogP contribution in [-0.2, 0) is 14.8 Å². The Labute approximate surface area is 114 Å². The van der Waals surface area contributed by atoms with Crippen molar-refractivity contribution < 1.29 is 13.2 Å². The third-order valence-corrected chi connectivity index (χ3v) is 3.94. The van der Waals surface area contributed by atoms with Crippen molar-refractivity contribution in [3.63, 3.8) is 0 Å². The first-order valence-corrected chi connectivity index (χ1v) is 7.86. The van der Waals surface area contributed by atoms with Gasteiger partial charge < -0.3 is 5.32 Å². The molecule has 1 unspecified atom stereocenters. The SMILES string of the molecule is CC(C)NC(=O)C(c1ccccc1)N(C)S(C)(=O)=O. The van der Waals surface area contributed by atoms with Crippen molar-refractivity contribution in [2.45, 2.75) is 25.9 Å². The van der Waals surface area contributed by atoms with E-state index < -0.39 is 16.1 Å². The second-order valence-corrected chi connectivity index (χ2v) is 6.80. The van der Waals surface area contributed by atoms with Crippen LogP contribution < -0.4 is 5.32 Å². The van der Waals surface area contributed by atoms with Gasteiger partial charge in [-0.2, -0.15) is 4.31 Å². The van der Waals surface area contributed by atoms with Gasteiger partial charge in [-0.3, -0.25) is 4.79 Å². The van der Waals surface area contributed by atoms with Gasteiger partial charge in [-0.05, 0) is 19.4 Å². The molecule has 0 heterocycles. The maximum Gasteiger partial charge on any atom is 0.243 e. The maximum absolute atomic E-state index is 12.2. The Balaban J connectivity index is 3.16. The number of amides is 1. The number of rotatable bonds is 5. The van der Waals surface area contributed by atoms with Crippen LogP contribution in [0, 0.1) is 0 Å². The largest absolute Gasteiger partial charge is 0.352 e. The Hall–Kier alpha value is -1.40. The molecular formula is C13H20N2O3S. The number of hydrogen-bond acceptors (Lipinski definition) is 3. The van der Waals surface area contributed by atoms with Crippen LogP contribution in [0.1, 0.15) is 25.5 Å². The minimum Gasteiger partial charge on any atom is -0.352 e. The van der Waals surface area contributed by atoms with E-state index in [1.807, 2.05) is 19.9 Å². The van der Waals surface area contributed by atoms with Gasteiger partial charge in [-0.1, -0.05) is 30.3 Å². The lowest BCUT2D eigenvalue weighted by molar-refractivity contribution is -0.125. The summed E-state index contributed by atoms with van der Waals surface area (Å²) in [6, 6.07) is 7.97. The molecule has 0 fully saturated rings. The minimum absolute atomic E-state index is 0.0494. The first-order chi connectivity index (χ1) is 8.73. The monoisotopic (exact) mass is 284 g/mol. The van der Waals surface area contributed by atoms with Crippen LogP contribution in [0.15, 0.2) is 30.3 Å². The summed E-state index contributed by atoms with van der Waals surface area (Å²) in [5.74, 6) is -0.325. The number of sulfonamides is 1. The quantitative estimate of drug-likeness (QED) is 0.882. The molecule has 19 heavy (non-hydrogen) atoms. The third kappa shape index (κ3) is 4.33. The van der Waals surface area contributed by atoms with Crippen molar-refractivity contribution in [2.75, 3.05) is 13.3 Å². The fourth-order valence-electron chi connectivity index (χ4n) is 1.72. The first kappa shape index (κ1) is 15.7. The Kier molecular flexibility index (Phi) is 5.08. The Bertz CT molecular complexity index is 526. The molecule has 1 aromatic rings. The molecule has 0 spiro atoms. The summed E-state index contributed by atoms with van der Waals surface area (Å²) in [6.07, 6.45) is 1.09. The number of carbonyl (C=O) groups is 1. The van der Waals surface area contributed by atoms with Crippen LogP contribution in [-0.4, -0.2) is 38.0 Å². The van der Waals surface area contributed by atoms with E-state index in [4.69, 9.17) is 0 Å². The van der Waals surface area contributed by atoms with Gasteiger partial charge in [0.2, 0.25) is 15.9 Å². The molecule has 0 radical (unpaired) electrons. The number of hydrogen-bond donors (Lipinski definition) is 1. The predicted octanol–water partition coefficient (Wildman–Crippen LogP) is 1.14. The van der Waals surface area contributed by atoms with Gasteiger partial charge in [-0.25, -0.2) is 8.42 Å². The van der Waals surface area contributed by atoms with Crippen LogP contribution >= 0.6 is 0 Å². The number of nitrogens with zero attached hydrogens (tertiary/aromatic N) is 1. The van der Waals surface area contributed by atoms with Crippen molar-refractivity contribution in [3.8, 4) is 0 Å². The van der Waals surface area contributed by atoms with Gasteiger partial charge in [0, 0.05) is 13.1 Å². The van der Waals surface area contributed by atoms with Crippen LogP contribution in [0.25, 0.3) is 0 Å². The molecule has 0 saturated carbocycles. The normalized spacial score (nSPS) is 13.6. The number of benzene rings is 1. The summed E-state index contributed by atoms with van der Waals surface area (Å²) in [4.78, 5) is 12.2. The molecule has 1 amide bonds. The highest BCUT2D eigenvalue weighted by Crippen LogP contribution is 2.21.